The zero-order valence-electron chi connectivity index (χ0n) is 30.2. The average Bonchev–Trinajstić information content (AvgIpc) is 3.17. The minimum Gasteiger partial charge on any atom is -0.481 e. The predicted octanol–water partition coefficient (Wildman–Crippen LogP) is 5.35. The van der Waals surface area contributed by atoms with Crippen LogP contribution in [0, 0.1) is 5.92 Å². The Hall–Kier alpha value is -5.82. The molecule has 0 saturated carbocycles. The van der Waals surface area contributed by atoms with Gasteiger partial charge in [0.25, 0.3) is 0 Å². The van der Waals surface area contributed by atoms with E-state index in [1.54, 1.807) is 18.2 Å². The second-order valence-electron chi connectivity index (χ2n) is 12.8. The summed E-state index contributed by atoms with van der Waals surface area (Å²) in [6, 6.07) is 10.7. The molecule has 5 rings (SSSR count). The average molecular weight is 796 g/mol. The molecule has 3 aromatic rings. The van der Waals surface area contributed by atoms with Crippen LogP contribution in [-0.2, 0) is 36.8 Å². The summed E-state index contributed by atoms with van der Waals surface area (Å²) in [4.78, 5) is 72.0. The maximum Gasteiger partial charge on any atom is 0.458 e. The summed E-state index contributed by atoms with van der Waals surface area (Å²) < 4.78 is 71.7. The highest BCUT2D eigenvalue weighted by Gasteiger charge is 2.54. The molecule has 2 aromatic heterocycles. The van der Waals surface area contributed by atoms with Gasteiger partial charge in [0, 0.05) is 55.5 Å². The topological polar surface area (TPSA) is 193 Å². The number of aliphatic carboxylic acids is 1. The van der Waals surface area contributed by atoms with Crippen LogP contribution < -0.4 is 20.9 Å². The van der Waals surface area contributed by atoms with Crippen molar-refractivity contribution >= 4 is 52.6 Å². The third kappa shape index (κ3) is 11.4. The standard InChI is InChI=1S/C32H39N7O5.C4F6O2/c1-3-25-29(34-18-23(31(41)42)17-27(40)37-24-8-4-6-22(16-24)32(43)44-2)35-19-36-30(25)39-14-11-20(12-15-39)26-10-9-21-7-5-13-33-28(21)38-26;5-3(6,7)1(11)2(12)4(8,9)10/h4,6,8-10,16,19-20,23H,3,5,7,11-15,17-18H2,1-2H3,(H,33,38)(H,37,40)(H,41,42)(H,34,35,36);/t23-;/m0./s1. The summed E-state index contributed by atoms with van der Waals surface area (Å²) in [7, 11) is 1.27. The van der Waals surface area contributed by atoms with Crippen LogP contribution in [-0.4, -0.2) is 95.1 Å². The highest BCUT2D eigenvalue weighted by molar-refractivity contribution is 6.41. The lowest BCUT2D eigenvalue weighted by molar-refractivity contribution is -0.193. The molecule has 1 fully saturated rings. The quantitative estimate of drug-likeness (QED) is 0.104. The number of methoxy groups -OCH3 is 1. The van der Waals surface area contributed by atoms with E-state index in [9.17, 15) is 55.4 Å². The molecule has 2 aliphatic heterocycles. The van der Waals surface area contributed by atoms with Crippen molar-refractivity contribution in [1.82, 2.24) is 15.0 Å². The highest BCUT2D eigenvalue weighted by atomic mass is 19.4. The van der Waals surface area contributed by atoms with Gasteiger partial charge in [0.05, 0.1) is 18.6 Å². The molecule has 56 heavy (non-hydrogen) atoms. The van der Waals surface area contributed by atoms with E-state index < -0.39 is 47.7 Å². The first-order chi connectivity index (χ1) is 26.4. The van der Waals surface area contributed by atoms with Crippen molar-refractivity contribution in [1.29, 1.82) is 0 Å². The number of anilines is 4. The first-order valence-corrected chi connectivity index (χ1v) is 17.4. The minimum atomic E-state index is -5.77. The molecule has 1 aromatic carbocycles. The molecular formula is C36H39F6N7O7. The number of rotatable bonds is 12. The lowest BCUT2D eigenvalue weighted by Gasteiger charge is -2.34. The van der Waals surface area contributed by atoms with Gasteiger partial charge < -0.3 is 30.7 Å². The first kappa shape index (κ1) is 42.9. The molecule has 4 heterocycles. The number of aromatic nitrogens is 3. The van der Waals surface area contributed by atoms with Gasteiger partial charge in [-0.2, -0.15) is 26.3 Å². The molecule has 1 saturated heterocycles. The normalized spacial score (nSPS) is 14.9. The largest absolute Gasteiger partial charge is 0.481 e. The van der Waals surface area contributed by atoms with Crippen molar-refractivity contribution in [3.05, 3.63) is 65.1 Å². The van der Waals surface area contributed by atoms with Crippen LogP contribution in [0.1, 0.15) is 65.7 Å². The summed E-state index contributed by atoms with van der Waals surface area (Å²) in [5.74, 6) is -7.10. The Labute approximate surface area is 316 Å². The molecule has 0 radical (unpaired) electrons. The number of carboxylic acid groups (broad SMARTS) is 1. The summed E-state index contributed by atoms with van der Waals surface area (Å²) in [5.41, 5.74) is 4.01. The third-order valence-corrected chi connectivity index (χ3v) is 8.99. The van der Waals surface area contributed by atoms with Gasteiger partial charge in [-0.3, -0.25) is 19.2 Å². The SMILES string of the molecule is CCc1c(NC[C@H](CC(=O)Nc2cccc(C(=O)OC)c2)C(=O)O)ncnc1N1CCC(c2ccc3c(n2)NCCC3)CC1.O=C(C(=O)C(F)(F)F)C(F)(F)F. The fraction of sp³-hybridized carbons (Fsp3) is 0.444. The molecule has 1 amide bonds. The van der Waals surface area contributed by atoms with Gasteiger partial charge in [-0.15, -0.1) is 0 Å². The van der Waals surface area contributed by atoms with Crippen molar-refractivity contribution in [2.24, 2.45) is 5.92 Å². The van der Waals surface area contributed by atoms with Crippen molar-refractivity contribution in [2.75, 3.05) is 54.1 Å². The number of ether oxygens (including phenoxy) is 1. The van der Waals surface area contributed by atoms with E-state index in [2.05, 4.69) is 43.0 Å². The summed E-state index contributed by atoms with van der Waals surface area (Å²) in [6.07, 6.45) is -5.51. The minimum absolute atomic E-state index is 0.00845. The van der Waals surface area contributed by atoms with E-state index in [4.69, 9.17) is 9.72 Å². The number of alkyl halides is 6. The summed E-state index contributed by atoms with van der Waals surface area (Å²) >= 11 is 0. The van der Waals surface area contributed by atoms with Crippen LogP contribution in [0.2, 0.25) is 0 Å². The van der Waals surface area contributed by atoms with E-state index >= 15 is 0 Å². The molecule has 0 unspecified atom stereocenters. The van der Waals surface area contributed by atoms with Gasteiger partial charge in [-0.1, -0.05) is 19.1 Å². The summed E-state index contributed by atoms with van der Waals surface area (Å²) in [6.45, 7) is 4.66. The van der Waals surface area contributed by atoms with Crippen molar-refractivity contribution in [3.63, 3.8) is 0 Å². The molecule has 14 nitrogen and oxygen atoms in total. The van der Waals surface area contributed by atoms with Crippen molar-refractivity contribution in [2.45, 2.75) is 63.7 Å². The highest BCUT2D eigenvalue weighted by Crippen LogP contribution is 2.33. The first-order valence-electron chi connectivity index (χ1n) is 17.4. The Morgan fingerprint density at radius 1 is 1.00 bits per heavy atom. The van der Waals surface area contributed by atoms with Crippen LogP contribution in [0.15, 0.2) is 42.7 Å². The molecular weight excluding hydrogens is 756 g/mol. The molecule has 1 atom stereocenters. The number of aryl methyl sites for hydroxylation is 1. The van der Waals surface area contributed by atoms with E-state index in [0.717, 1.165) is 68.2 Å². The number of nitrogens with one attached hydrogen (secondary N) is 3. The fourth-order valence-electron chi connectivity index (χ4n) is 6.11. The zero-order valence-corrected chi connectivity index (χ0v) is 30.2. The van der Waals surface area contributed by atoms with E-state index in [0.29, 0.717) is 23.8 Å². The number of piperidine rings is 1. The van der Waals surface area contributed by atoms with E-state index in [-0.39, 0.29) is 18.5 Å². The Kier molecular flexibility index (Phi) is 14.3. The lowest BCUT2D eigenvalue weighted by Crippen LogP contribution is -2.39. The van der Waals surface area contributed by atoms with Gasteiger partial charge >= 0.3 is 35.9 Å². The Balaban J connectivity index is 0.000000501. The molecule has 0 aliphatic carbocycles. The Morgan fingerprint density at radius 2 is 1.68 bits per heavy atom. The molecule has 2 aliphatic rings. The maximum absolute atomic E-state index is 12.7. The molecule has 4 N–H and O–H groups in total. The van der Waals surface area contributed by atoms with E-state index in [1.807, 2.05) is 6.92 Å². The number of benzene rings is 1. The molecule has 20 heteroatoms. The monoisotopic (exact) mass is 795 g/mol. The van der Waals surface area contributed by atoms with Crippen LogP contribution >= 0.6 is 0 Å². The number of fused-ring (bicyclic) bond motifs is 1. The Morgan fingerprint density at radius 3 is 2.29 bits per heavy atom. The number of halogens is 6. The van der Waals surface area contributed by atoms with E-state index in [1.165, 1.54) is 25.1 Å². The fourth-order valence-corrected chi connectivity index (χ4v) is 6.11. The van der Waals surface area contributed by atoms with Crippen molar-refractivity contribution in [3.8, 4) is 0 Å². The lowest BCUT2D eigenvalue weighted by atomic mass is 9.92. The smallest absolute Gasteiger partial charge is 0.458 e. The number of Topliss-reactive ketones (excluding diaryl/α,β-unsaturated/α-hetero) is 2. The number of carboxylic acids is 1. The number of hydrogen-bond donors (Lipinski definition) is 4. The van der Waals surface area contributed by atoms with Crippen LogP contribution in [0.4, 0.5) is 49.5 Å². The zero-order chi connectivity index (χ0) is 41.2. The third-order valence-electron chi connectivity index (χ3n) is 8.99. The van der Waals surface area contributed by atoms with Crippen molar-refractivity contribution < 1.29 is 60.2 Å². The summed E-state index contributed by atoms with van der Waals surface area (Å²) in [5, 5.41) is 19.1. The van der Waals surface area contributed by atoms with Crippen LogP contribution in [0.3, 0.4) is 0 Å². The number of esters is 1. The predicted molar refractivity (Wildman–Crippen MR) is 189 cm³/mol. The van der Waals surface area contributed by atoms with Crippen LogP contribution in [0.5, 0.6) is 0 Å². The van der Waals surface area contributed by atoms with Gasteiger partial charge in [-0.25, -0.2) is 19.7 Å². The number of nitrogens with zero attached hydrogens (tertiary/aromatic N) is 4. The molecule has 0 bridgehead atoms. The maximum atomic E-state index is 12.7. The number of carbonyl (C=O) groups is 5. The number of carbonyl (C=O) groups excluding carboxylic acids is 4. The van der Waals surface area contributed by atoms with Gasteiger partial charge in [0.1, 0.15) is 23.8 Å². The van der Waals surface area contributed by atoms with Gasteiger partial charge in [0.2, 0.25) is 5.91 Å². The number of hydrogen-bond acceptors (Lipinski definition) is 12. The number of ketones is 2. The van der Waals surface area contributed by atoms with Gasteiger partial charge in [0.15, 0.2) is 0 Å². The van der Waals surface area contributed by atoms with Crippen LogP contribution in [0.25, 0.3) is 0 Å². The second-order valence-corrected chi connectivity index (χ2v) is 12.8. The molecule has 0 spiro atoms. The number of amides is 1. The van der Waals surface area contributed by atoms with Gasteiger partial charge in [-0.05, 0) is 61.9 Å². The Bertz CT molecular complexity index is 1890. The second kappa shape index (κ2) is 18.7. The number of pyridine rings is 1. The molecule has 302 valence electrons.